The second-order valence-electron chi connectivity index (χ2n) is 7.52. The van der Waals surface area contributed by atoms with Gasteiger partial charge >= 0.3 is 0 Å². The molecule has 31 heavy (non-hydrogen) atoms. The van der Waals surface area contributed by atoms with Crippen LogP contribution in [0.3, 0.4) is 0 Å². The third-order valence-electron chi connectivity index (χ3n) is 4.87. The maximum Gasteiger partial charge on any atom is 0.259 e. The van der Waals surface area contributed by atoms with Crippen LogP contribution in [0.2, 0.25) is 0 Å². The standard InChI is InChI=1S/C23H30N2O5S/c1-5-20(19-8-6-7-9-21(19)30-16-23(27)25(3)4)24-22(26)14-15-31(28,29)18-12-10-17(2)11-13-18/h6-13,20H,5,14-16H2,1-4H3,(H,24,26). The van der Waals surface area contributed by atoms with Gasteiger partial charge in [0.05, 0.1) is 16.7 Å². The molecule has 1 unspecified atom stereocenters. The Hall–Kier alpha value is -2.87. The predicted octanol–water partition coefficient (Wildman–Crippen LogP) is 2.89. The van der Waals surface area contributed by atoms with E-state index in [4.69, 9.17) is 4.74 Å². The lowest BCUT2D eigenvalue weighted by atomic mass is 10.0. The van der Waals surface area contributed by atoms with E-state index < -0.39 is 9.84 Å². The highest BCUT2D eigenvalue weighted by molar-refractivity contribution is 7.91. The monoisotopic (exact) mass is 446 g/mol. The lowest BCUT2D eigenvalue weighted by Gasteiger charge is -2.21. The van der Waals surface area contributed by atoms with Crippen LogP contribution in [0.1, 0.15) is 36.9 Å². The number of benzene rings is 2. The van der Waals surface area contributed by atoms with Crippen molar-refractivity contribution in [2.45, 2.75) is 37.6 Å². The highest BCUT2D eigenvalue weighted by atomic mass is 32.2. The summed E-state index contributed by atoms with van der Waals surface area (Å²) < 4.78 is 30.7. The second kappa shape index (κ2) is 10.9. The molecule has 0 aliphatic heterocycles. The summed E-state index contributed by atoms with van der Waals surface area (Å²) in [6.45, 7) is 3.69. The quantitative estimate of drug-likeness (QED) is 0.606. The van der Waals surface area contributed by atoms with Crippen molar-refractivity contribution >= 4 is 21.7 Å². The first kappa shape index (κ1) is 24.4. The lowest BCUT2D eigenvalue weighted by molar-refractivity contribution is -0.130. The summed E-state index contributed by atoms with van der Waals surface area (Å²) in [4.78, 5) is 26.0. The number of carbonyl (C=O) groups is 2. The summed E-state index contributed by atoms with van der Waals surface area (Å²) in [5.74, 6) is -0.291. The number of aryl methyl sites for hydroxylation is 1. The topological polar surface area (TPSA) is 92.8 Å². The van der Waals surface area contributed by atoms with Crippen LogP contribution < -0.4 is 10.1 Å². The SMILES string of the molecule is CCC(NC(=O)CCS(=O)(=O)c1ccc(C)cc1)c1ccccc1OCC(=O)N(C)C. The van der Waals surface area contributed by atoms with Gasteiger partial charge in [-0.3, -0.25) is 9.59 Å². The van der Waals surface area contributed by atoms with Crippen molar-refractivity contribution in [1.29, 1.82) is 0 Å². The van der Waals surface area contributed by atoms with Gasteiger partial charge in [0.25, 0.3) is 5.91 Å². The van der Waals surface area contributed by atoms with Gasteiger partial charge < -0.3 is 15.0 Å². The van der Waals surface area contributed by atoms with Crippen LogP contribution in [0.15, 0.2) is 53.4 Å². The Bertz CT molecular complexity index is 1000. The number of para-hydroxylation sites is 1. The highest BCUT2D eigenvalue weighted by Gasteiger charge is 2.20. The molecular formula is C23H30N2O5S. The number of carbonyl (C=O) groups excluding carboxylic acids is 2. The molecule has 0 saturated heterocycles. The van der Waals surface area contributed by atoms with E-state index in [2.05, 4.69) is 5.32 Å². The maximum atomic E-state index is 12.5. The Morgan fingerprint density at radius 1 is 1.06 bits per heavy atom. The van der Waals surface area contributed by atoms with Gasteiger partial charge in [0.15, 0.2) is 16.4 Å². The molecule has 2 rings (SSSR count). The maximum absolute atomic E-state index is 12.5. The fourth-order valence-electron chi connectivity index (χ4n) is 2.93. The molecule has 0 aliphatic carbocycles. The molecule has 0 spiro atoms. The van der Waals surface area contributed by atoms with Gasteiger partial charge in [0.1, 0.15) is 5.75 Å². The average molecular weight is 447 g/mol. The van der Waals surface area contributed by atoms with E-state index in [1.165, 1.54) is 4.90 Å². The van der Waals surface area contributed by atoms with Crippen LogP contribution >= 0.6 is 0 Å². The molecule has 2 aromatic carbocycles. The molecule has 7 nitrogen and oxygen atoms in total. The Balaban J connectivity index is 2.03. The fraction of sp³-hybridized carbons (Fsp3) is 0.391. The zero-order valence-corrected chi connectivity index (χ0v) is 19.2. The van der Waals surface area contributed by atoms with Gasteiger partial charge in [-0.1, -0.05) is 42.8 Å². The van der Waals surface area contributed by atoms with Gasteiger partial charge in [-0.25, -0.2) is 8.42 Å². The van der Waals surface area contributed by atoms with Crippen molar-refractivity contribution in [3.05, 3.63) is 59.7 Å². The summed E-state index contributed by atoms with van der Waals surface area (Å²) >= 11 is 0. The van der Waals surface area contributed by atoms with Crippen LogP contribution in [-0.4, -0.2) is 51.6 Å². The summed E-state index contributed by atoms with van der Waals surface area (Å²) in [6, 6.07) is 13.4. The van der Waals surface area contributed by atoms with Crippen LogP contribution in [0.4, 0.5) is 0 Å². The summed E-state index contributed by atoms with van der Waals surface area (Å²) in [5, 5.41) is 2.89. The van der Waals surface area contributed by atoms with E-state index in [0.717, 1.165) is 11.1 Å². The largest absolute Gasteiger partial charge is 0.483 e. The number of nitrogens with one attached hydrogen (secondary N) is 1. The van der Waals surface area contributed by atoms with Crippen molar-refractivity contribution < 1.29 is 22.7 Å². The van der Waals surface area contributed by atoms with Crippen molar-refractivity contribution in [3.8, 4) is 5.75 Å². The molecule has 0 aliphatic rings. The third kappa shape index (κ3) is 7.10. The summed E-state index contributed by atoms with van der Waals surface area (Å²) in [7, 11) is -0.241. The summed E-state index contributed by atoms with van der Waals surface area (Å²) in [6.07, 6.45) is 0.438. The molecule has 2 aromatic rings. The Morgan fingerprint density at radius 2 is 1.71 bits per heavy atom. The first-order valence-electron chi connectivity index (χ1n) is 10.1. The number of rotatable bonds is 10. The van der Waals surface area contributed by atoms with Crippen molar-refractivity contribution in [2.75, 3.05) is 26.5 Å². The molecule has 0 heterocycles. The van der Waals surface area contributed by atoms with Gasteiger partial charge in [0, 0.05) is 26.1 Å². The molecule has 0 radical (unpaired) electrons. The molecule has 0 saturated carbocycles. The van der Waals surface area contributed by atoms with Crippen LogP contribution in [-0.2, 0) is 19.4 Å². The summed E-state index contributed by atoms with van der Waals surface area (Å²) in [5.41, 5.74) is 1.71. The number of nitrogens with zero attached hydrogens (tertiary/aromatic N) is 1. The molecule has 1 atom stereocenters. The molecule has 168 valence electrons. The van der Waals surface area contributed by atoms with E-state index in [0.29, 0.717) is 12.2 Å². The lowest BCUT2D eigenvalue weighted by Crippen LogP contribution is -2.31. The second-order valence-corrected chi connectivity index (χ2v) is 9.63. The van der Waals surface area contributed by atoms with Gasteiger partial charge in [-0.2, -0.15) is 0 Å². The molecule has 0 fully saturated rings. The van der Waals surface area contributed by atoms with E-state index >= 15 is 0 Å². The number of amides is 2. The van der Waals surface area contributed by atoms with E-state index in [9.17, 15) is 18.0 Å². The number of ether oxygens (including phenoxy) is 1. The molecular weight excluding hydrogens is 416 g/mol. The van der Waals surface area contributed by atoms with Crippen molar-refractivity contribution in [3.63, 3.8) is 0 Å². The normalized spacial score (nSPS) is 12.1. The van der Waals surface area contributed by atoms with Gasteiger partial charge in [-0.15, -0.1) is 0 Å². The van der Waals surface area contributed by atoms with Crippen LogP contribution in [0, 0.1) is 6.92 Å². The minimum Gasteiger partial charge on any atom is -0.483 e. The van der Waals surface area contributed by atoms with Crippen LogP contribution in [0.5, 0.6) is 5.75 Å². The van der Waals surface area contributed by atoms with Crippen LogP contribution in [0.25, 0.3) is 0 Å². The minimum atomic E-state index is -3.54. The Morgan fingerprint density at radius 3 is 2.32 bits per heavy atom. The van der Waals surface area contributed by atoms with E-state index in [-0.39, 0.29) is 41.5 Å². The first-order chi connectivity index (χ1) is 14.6. The Kier molecular flexibility index (Phi) is 8.62. The number of likely N-dealkylation sites (N-methyl/N-ethyl adjacent to an activating group) is 1. The molecule has 1 N–H and O–H groups in total. The first-order valence-corrected chi connectivity index (χ1v) is 11.8. The Labute approximate surface area is 184 Å². The number of sulfone groups is 1. The zero-order valence-electron chi connectivity index (χ0n) is 18.4. The molecule has 0 aromatic heterocycles. The fourth-order valence-corrected chi connectivity index (χ4v) is 4.17. The molecule has 2 amide bonds. The zero-order chi connectivity index (χ0) is 23.0. The number of hydrogen-bond acceptors (Lipinski definition) is 5. The molecule has 8 heteroatoms. The van der Waals surface area contributed by atoms with E-state index in [1.54, 1.807) is 50.5 Å². The number of hydrogen-bond donors (Lipinski definition) is 1. The smallest absolute Gasteiger partial charge is 0.259 e. The highest BCUT2D eigenvalue weighted by Crippen LogP contribution is 2.27. The average Bonchev–Trinajstić information content (AvgIpc) is 2.75. The van der Waals surface area contributed by atoms with Gasteiger partial charge in [0.2, 0.25) is 5.91 Å². The van der Waals surface area contributed by atoms with Gasteiger partial charge in [-0.05, 0) is 31.5 Å². The van der Waals surface area contributed by atoms with Crippen molar-refractivity contribution in [2.24, 2.45) is 0 Å². The predicted molar refractivity (Wildman–Crippen MR) is 120 cm³/mol. The molecule has 0 bridgehead atoms. The third-order valence-corrected chi connectivity index (χ3v) is 6.60. The van der Waals surface area contributed by atoms with Crippen molar-refractivity contribution in [1.82, 2.24) is 10.2 Å². The minimum absolute atomic E-state index is 0.108. The van der Waals surface area contributed by atoms with E-state index in [1.807, 2.05) is 26.0 Å².